The summed E-state index contributed by atoms with van der Waals surface area (Å²) in [6, 6.07) is 11.1. The highest BCUT2D eigenvalue weighted by Crippen LogP contribution is 2.44. The van der Waals surface area contributed by atoms with Crippen molar-refractivity contribution in [2.24, 2.45) is 0 Å². The Kier molecular flexibility index (Phi) is 8.00. The van der Waals surface area contributed by atoms with E-state index in [4.69, 9.17) is 14.6 Å². The summed E-state index contributed by atoms with van der Waals surface area (Å²) in [7, 11) is 1.21. The third kappa shape index (κ3) is 6.10. The molecular weight excluding hydrogens is 469 g/mol. The SMILES string of the molecule is COC(C)C(NC(=O)OCC1c2ccccc2-c2ccccc21)C(=O)NC(CC(=O)O)C(F)(F)F. The first-order chi connectivity index (χ1) is 16.5. The number of amides is 2. The third-order valence-corrected chi connectivity index (χ3v) is 5.83. The molecular formula is C24H25F3N2O6. The smallest absolute Gasteiger partial charge is 0.409 e. The van der Waals surface area contributed by atoms with Crippen LogP contribution in [0.1, 0.15) is 30.4 Å². The largest absolute Gasteiger partial charge is 0.481 e. The average Bonchev–Trinajstić information content (AvgIpc) is 3.13. The lowest BCUT2D eigenvalue weighted by Gasteiger charge is -2.27. The molecule has 0 fully saturated rings. The Bertz CT molecular complexity index is 1050. The van der Waals surface area contributed by atoms with Crippen molar-refractivity contribution in [3.63, 3.8) is 0 Å². The van der Waals surface area contributed by atoms with Crippen LogP contribution in [0, 0.1) is 0 Å². The van der Waals surface area contributed by atoms with E-state index < -0.39 is 48.8 Å². The first kappa shape index (κ1) is 26.0. The number of nitrogens with one attached hydrogen (secondary N) is 2. The van der Waals surface area contributed by atoms with Crippen molar-refractivity contribution in [1.29, 1.82) is 0 Å². The van der Waals surface area contributed by atoms with Gasteiger partial charge >= 0.3 is 18.2 Å². The number of ether oxygens (including phenoxy) is 2. The normalized spacial score (nSPS) is 15.3. The number of carboxylic acids is 1. The van der Waals surface area contributed by atoms with Gasteiger partial charge in [-0.2, -0.15) is 13.2 Å². The van der Waals surface area contributed by atoms with E-state index in [1.54, 1.807) is 5.32 Å². The fourth-order valence-electron chi connectivity index (χ4n) is 3.98. The van der Waals surface area contributed by atoms with Gasteiger partial charge in [-0.15, -0.1) is 0 Å². The predicted molar refractivity (Wildman–Crippen MR) is 119 cm³/mol. The van der Waals surface area contributed by atoms with Gasteiger partial charge in [0.1, 0.15) is 18.7 Å². The minimum atomic E-state index is -5.00. The molecule has 0 saturated heterocycles. The fourth-order valence-corrected chi connectivity index (χ4v) is 3.98. The molecule has 1 aliphatic rings. The van der Waals surface area contributed by atoms with Gasteiger partial charge in [0, 0.05) is 13.0 Å². The molecule has 3 unspecified atom stereocenters. The van der Waals surface area contributed by atoms with Crippen LogP contribution in [-0.2, 0) is 19.1 Å². The number of methoxy groups -OCH3 is 1. The second kappa shape index (κ2) is 10.8. The zero-order valence-corrected chi connectivity index (χ0v) is 19.0. The number of aliphatic carboxylic acids is 1. The highest BCUT2D eigenvalue weighted by atomic mass is 19.4. The molecule has 0 saturated carbocycles. The van der Waals surface area contributed by atoms with E-state index in [0.717, 1.165) is 22.3 Å². The molecule has 188 valence electrons. The Morgan fingerprint density at radius 3 is 2.03 bits per heavy atom. The standard InChI is InChI=1S/C24H25F3N2O6/c1-13(34-2)21(22(32)28-19(11-20(30)31)24(25,26)27)29-23(33)35-12-18-16-9-5-3-7-14(16)15-8-4-6-10-17(15)18/h3-10,13,18-19,21H,11-12H2,1-2H3,(H,28,32)(H,29,33)(H,30,31). The molecule has 0 aliphatic heterocycles. The molecule has 11 heteroatoms. The molecule has 3 N–H and O–H groups in total. The van der Waals surface area contributed by atoms with Crippen LogP contribution >= 0.6 is 0 Å². The number of fused-ring (bicyclic) bond motifs is 3. The topological polar surface area (TPSA) is 114 Å². The van der Waals surface area contributed by atoms with Gasteiger partial charge in [0.05, 0.1) is 12.5 Å². The van der Waals surface area contributed by atoms with Crippen molar-refractivity contribution < 1.29 is 42.1 Å². The quantitative estimate of drug-likeness (QED) is 0.492. The van der Waals surface area contributed by atoms with Crippen LogP contribution in [0.25, 0.3) is 11.1 Å². The number of hydrogen-bond acceptors (Lipinski definition) is 5. The maximum atomic E-state index is 13.2. The summed E-state index contributed by atoms with van der Waals surface area (Å²) in [4.78, 5) is 35.9. The summed E-state index contributed by atoms with van der Waals surface area (Å²) in [6.45, 7) is 1.30. The van der Waals surface area contributed by atoms with E-state index in [0.29, 0.717) is 0 Å². The molecule has 3 atom stereocenters. The molecule has 0 bridgehead atoms. The molecule has 0 spiro atoms. The molecule has 0 aromatic heterocycles. The Balaban J connectivity index is 1.69. The zero-order valence-electron chi connectivity index (χ0n) is 19.0. The van der Waals surface area contributed by atoms with Gasteiger partial charge in [-0.1, -0.05) is 48.5 Å². The van der Waals surface area contributed by atoms with E-state index in [1.165, 1.54) is 14.0 Å². The lowest BCUT2D eigenvalue weighted by molar-refractivity contribution is -0.171. The van der Waals surface area contributed by atoms with E-state index >= 15 is 0 Å². The van der Waals surface area contributed by atoms with Gasteiger partial charge in [0.15, 0.2) is 0 Å². The number of carboxylic acid groups (broad SMARTS) is 1. The van der Waals surface area contributed by atoms with Crippen molar-refractivity contribution in [2.45, 2.75) is 43.6 Å². The predicted octanol–water partition coefficient (Wildman–Crippen LogP) is 3.45. The summed E-state index contributed by atoms with van der Waals surface area (Å²) < 4.78 is 49.9. The number of alkyl carbamates (subject to hydrolysis) is 1. The van der Waals surface area contributed by atoms with Crippen LogP contribution in [0.5, 0.6) is 0 Å². The minimum Gasteiger partial charge on any atom is -0.481 e. The molecule has 35 heavy (non-hydrogen) atoms. The van der Waals surface area contributed by atoms with Crippen molar-refractivity contribution in [1.82, 2.24) is 10.6 Å². The van der Waals surface area contributed by atoms with E-state index in [1.807, 2.05) is 48.5 Å². The van der Waals surface area contributed by atoms with Crippen molar-refractivity contribution >= 4 is 18.0 Å². The monoisotopic (exact) mass is 494 g/mol. The highest BCUT2D eigenvalue weighted by molar-refractivity contribution is 5.87. The van der Waals surface area contributed by atoms with Crippen LogP contribution in [0.2, 0.25) is 0 Å². The van der Waals surface area contributed by atoms with E-state index in [2.05, 4.69) is 5.32 Å². The third-order valence-electron chi connectivity index (χ3n) is 5.83. The summed E-state index contributed by atoms with van der Waals surface area (Å²) in [5.41, 5.74) is 3.95. The molecule has 2 aromatic rings. The van der Waals surface area contributed by atoms with Crippen molar-refractivity contribution in [2.75, 3.05) is 13.7 Å². The van der Waals surface area contributed by atoms with E-state index in [9.17, 15) is 27.6 Å². The summed E-state index contributed by atoms with van der Waals surface area (Å²) in [5.74, 6) is -3.25. The van der Waals surface area contributed by atoms with Crippen LogP contribution in [-0.4, -0.2) is 61.2 Å². The lowest BCUT2D eigenvalue weighted by atomic mass is 9.98. The molecule has 0 radical (unpaired) electrons. The number of hydrogen-bond donors (Lipinski definition) is 3. The summed E-state index contributed by atoms with van der Waals surface area (Å²) in [5, 5.41) is 12.6. The summed E-state index contributed by atoms with van der Waals surface area (Å²) >= 11 is 0. The van der Waals surface area contributed by atoms with Gasteiger partial charge in [-0.05, 0) is 29.2 Å². The van der Waals surface area contributed by atoms with Gasteiger partial charge < -0.3 is 25.2 Å². The first-order valence-electron chi connectivity index (χ1n) is 10.8. The molecule has 3 rings (SSSR count). The number of benzene rings is 2. The Morgan fingerprint density at radius 1 is 1.00 bits per heavy atom. The van der Waals surface area contributed by atoms with Crippen molar-refractivity contribution in [3.8, 4) is 11.1 Å². The number of halogens is 3. The molecule has 0 heterocycles. The number of carbonyl (C=O) groups excluding carboxylic acids is 2. The first-order valence-corrected chi connectivity index (χ1v) is 10.8. The average molecular weight is 494 g/mol. The second-order valence-corrected chi connectivity index (χ2v) is 8.09. The number of carbonyl (C=O) groups is 3. The van der Waals surface area contributed by atoms with Gasteiger partial charge in [0.25, 0.3) is 0 Å². The highest BCUT2D eigenvalue weighted by Gasteiger charge is 2.43. The fraction of sp³-hybridized carbons (Fsp3) is 0.375. The van der Waals surface area contributed by atoms with Gasteiger partial charge in [-0.3, -0.25) is 9.59 Å². The van der Waals surface area contributed by atoms with E-state index in [-0.39, 0.29) is 12.5 Å². The maximum Gasteiger partial charge on any atom is 0.409 e. The molecule has 8 nitrogen and oxygen atoms in total. The van der Waals surface area contributed by atoms with Gasteiger partial charge in [0.2, 0.25) is 5.91 Å². The Morgan fingerprint density at radius 2 is 1.54 bits per heavy atom. The van der Waals surface area contributed by atoms with Crippen molar-refractivity contribution in [3.05, 3.63) is 59.7 Å². The van der Waals surface area contributed by atoms with Crippen LogP contribution in [0.15, 0.2) is 48.5 Å². The maximum absolute atomic E-state index is 13.2. The molecule has 1 aliphatic carbocycles. The molecule has 2 aromatic carbocycles. The zero-order chi connectivity index (χ0) is 25.8. The summed E-state index contributed by atoms with van der Waals surface area (Å²) in [6.07, 6.45) is -8.43. The van der Waals surface area contributed by atoms with Gasteiger partial charge in [-0.25, -0.2) is 4.79 Å². The van der Waals surface area contributed by atoms with Crippen LogP contribution in [0.3, 0.4) is 0 Å². The van der Waals surface area contributed by atoms with Crippen LogP contribution in [0.4, 0.5) is 18.0 Å². The Hall–Kier alpha value is -3.60. The Labute approximate surface area is 199 Å². The number of rotatable bonds is 9. The molecule has 2 amide bonds. The second-order valence-electron chi connectivity index (χ2n) is 8.09. The number of alkyl halides is 3. The lowest BCUT2D eigenvalue weighted by Crippen LogP contribution is -2.57. The minimum absolute atomic E-state index is 0.0697. The van der Waals surface area contributed by atoms with Crippen LogP contribution < -0.4 is 10.6 Å².